The molecule has 1 aliphatic rings. The molecule has 0 saturated carbocycles. The molecule has 29 heavy (non-hydrogen) atoms. The second-order valence-corrected chi connectivity index (χ2v) is 8.95. The molecular formula is C22H26Cl2N2OS2. The minimum absolute atomic E-state index is 0. The first kappa shape index (κ1) is 24.1. The first-order chi connectivity index (χ1) is 13.3. The van der Waals surface area contributed by atoms with Gasteiger partial charge in [-0.1, -0.05) is 36.4 Å². The number of ketones is 1. The summed E-state index contributed by atoms with van der Waals surface area (Å²) in [4.78, 5) is 20.8. The molecule has 0 bridgehead atoms. The molecule has 1 aromatic carbocycles. The van der Waals surface area contributed by atoms with E-state index in [4.69, 9.17) is 0 Å². The van der Waals surface area contributed by atoms with Gasteiger partial charge in [-0.25, -0.2) is 0 Å². The molecule has 0 spiro atoms. The number of nitrogens with zero attached hydrogens (tertiary/aromatic N) is 2. The third-order valence-corrected chi connectivity index (χ3v) is 7.21. The third kappa shape index (κ3) is 6.64. The van der Waals surface area contributed by atoms with Crippen LogP contribution in [0.3, 0.4) is 0 Å². The zero-order valence-electron chi connectivity index (χ0n) is 16.2. The Kier molecular flexibility index (Phi) is 9.83. The van der Waals surface area contributed by atoms with Crippen molar-refractivity contribution in [2.75, 3.05) is 32.7 Å². The average molecular weight is 470 g/mol. The largest absolute Gasteiger partial charge is 0.300 e. The Bertz CT molecular complexity index is 860. The Labute approximate surface area is 193 Å². The van der Waals surface area contributed by atoms with E-state index in [0.717, 1.165) is 44.1 Å². The van der Waals surface area contributed by atoms with Crippen molar-refractivity contribution in [3.63, 3.8) is 0 Å². The summed E-state index contributed by atoms with van der Waals surface area (Å²) >= 11 is 3.35. The van der Waals surface area contributed by atoms with Gasteiger partial charge in [-0.15, -0.1) is 47.5 Å². The summed E-state index contributed by atoms with van der Waals surface area (Å²) < 4.78 is 0. The van der Waals surface area contributed by atoms with Gasteiger partial charge in [0.1, 0.15) is 0 Å². The van der Waals surface area contributed by atoms with Crippen LogP contribution in [0, 0.1) is 0 Å². The summed E-state index contributed by atoms with van der Waals surface area (Å²) in [6.07, 6.45) is 0.614. The molecule has 0 atom stereocenters. The first-order valence-electron chi connectivity index (χ1n) is 9.43. The number of benzene rings is 1. The second-order valence-electron chi connectivity index (χ2n) is 6.92. The molecule has 0 radical (unpaired) electrons. The predicted molar refractivity (Wildman–Crippen MR) is 129 cm³/mol. The maximum atomic E-state index is 12.6. The Morgan fingerprint density at radius 2 is 1.55 bits per heavy atom. The Hall–Kier alpha value is -1.21. The van der Waals surface area contributed by atoms with Gasteiger partial charge in [0.25, 0.3) is 0 Å². The van der Waals surface area contributed by atoms with Crippen LogP contribution in [0.2, 0.25) is 0 Å². The molecule has 1 aliphatic heterocycles. The Balaban J connectivity index is 0.00000150. The first-order valence-corrected chi connectivity index (χ1v) is 11.1. The highest BCUT2D eigenvalue weighted by molar-refractivity contribution is 7.22. The number of hydrogen-bond acceptors (Lipinski definition) is 5. The molecular weight excluding hydrogens is 443 g/mol. The van der Waals surface area contributed by atoms with E-state index < -0.39 is 0 Å². The van der Waals surface area contributed by atoms with Crippen LogP contribution in [0.15, 0.2) is 60.0 Å². The fraction of sp³-hybridized carbons (Fsp3) is 0.318. The van der Waals surface area contributed by atoms with Gasteiger partial charge in [0.05, 0.1) is 4.88 Å². The van der Waals surface area contributed by atoms with Crippen molar-refractivity contribution in [3.05, 3.63) is 70.4 Å². The molecule has 0 aliphatic carbocycles. The predicted octanol–water partition coefficient (Wildman–Crippen LogP) is 5.71. The summed E-state index contributed by atoms with van der Waals surface area (Å²) in [5.74, 6) is 0.273. The molecule has 4 rings (SSSR count). The van der Waals surface area contributed by atoms with Crippen LogP contribution in [0.25, 0.3) is 9.75 Å². The lowest BCUT2D eigenvalue weighted by atomic mass is 10.2. The highest BCUT2D eigenvalue weighted by atomic mass is 35.5. The molecule has 2 aromatic heterocycles. The SMILES string of the molecule is Cl.Cl.O=C(CCN1CCN(Cc2ccccc2)CC1)c1ccc(-c2cccs2)s1. The summed E-state index contributed by atoms with van der Waals surface area (Å²) in [7, 11) is 0. The van der Waals surface area contributed by atoms with Crippen molar-refractivity contribution in [2.24, 2.45) is 0 Å². The summed E-state index contributed by atoms with van der Waals surface area (Å²) in [5.41, 5.74) is 1.38. The quantitative estimate of drug-likeness (QED) is 0.414. The maximum absolute atomic E-state index is 12.6. The zero-order valence-corrected chi connectivity index (χ0v) is 19.4. The zero-order chi connectivity index (χ0) is 18.5. The fourth-order valence-electron chi connectivity index (χ4n) is 3.43. The van der Waals surface area contributed by atoms with Crippen LogP contribution >= 0.6 is 47.5 Å². The lowest BCUT2D eigenvalue weighted by molar-refractivity contribution is 0.0926. The van der Waals surface area contributed by atoms with Crippen molar-refractivity contribution in [1.82, 2.24) is 9.80 Å². The van der Waals surface area contributed by atoms with Gasteiger partial charge in [-0.05, 0) is 29.1 Å². The van der Waals surface area contributed by atoms with Gasteiger partial charge < -0.3 is 4.90 Å². The number of halogens is 2. The minimum atomic E-state index is 0. The van der Waals surface area contributed by atoms with Gasteiger partial charge >= 0.3 is 0 Å². The maximum Gasteiger partial charge on any atom is 0.174 e. The molecule has 156 valence electrons. The van der Waals surface area contributed by atoms with E-state index in [1.165, 1.54) is 15.3 Å². The standard InChI is InChI=1S/C22H24N2OS2.2ClH/c25-19(20-8-9-22(27-20)21-7-4-16-26-21)10-11-23-12-14-24(15-13-23)17-18-5-2-1-3-6-18;;/h1-9,16H,10-15,17H2;2*1H. The highest BCUT2D eigenvalue weighted by Gasteiger charge is 2.18. The van der Waals surface area contributed by atoms with Crippen LogP contribution in [0.5, 0.6) is 0 Å². The summed E-state index contributed by atoms with van der Waals surface area (Å²) in [5, 5.41) is 2.08. The van der Waals surface area contributed by atoms with E-state index in [2.05, 4.69) is 63.7 Å². The topological polar surface area (TPSA) is 23.6 Å². The van der Waals surface area contributed by atoms with Crippen molar-refractivity contribution in [1.29, 1.82) is 0 Å². The number of piperazine rings is 1. The van der Waals surface area contributed by atoms with Crippen LogP contribution in [-0.4, -0.2) is 48.3 Å². The van der Waals surface area contributed by atoms with Crippen molar-refractivity contribution in [2.45, 2.75) is 13.0 Å². The monoisotopic (exact) mass is 468 g/mol. The smallest absolute Gasteiger partial charge is 0.174 e. The lowest BCUT2D eigenvalue weighted by Crippen LogP contribution is -2.46. The average Bonchev–Trinajstić information content (AvgIpc) is 3.40. The number of carbonyl (C=O) groups excluding carboxylic acids is 1. The molecule has 3 aromatic rings. The molecule has 0 unspecified atom stereocenters. The van der Waals surface area contributed by atoms with Crippen molar-refractivity contribution < 1.29 is 4.79 Å². The van der Waals surface area contributed by atoms with Crippen molar-refractivity contribution >= 4 is 53.3 Å². The number of hydrogen-bond donors (Lipinski definition) is 0. The molecule has 1 fully saturated rings. The number of rotatable bonds is 7. The highest BCUT2D eigenvalue weighted by Crippen LogP contribution is 2.32. The second kappa shape index (κ2) is 11.8. The van der Waals surface area contributed by atoms with Crippen molar-refractivity contribution in [3.8, 4) is 9.75 Å². The van der Waals surface area contributed by atoms with Gasteiger partial charge in [-0.3, -0.25) is 9.69 Å². The van der Waals surface area contributed by atoms with Gasteiger partial charge in [0, 0.05) is 55.4 Å². The van der Waals surface area contributed by atoms with Gasteiger partial charge in [0.2, 0.25) is 0 Å². The van der Waals surface area contributed by atoms with E-state index in [1.807, 2.05) is 6.07 Å². The molecule has 7 heteroatoms. The minimum Gasteiger partial charge on any atom is -0.300 e. The number of Topliss-reactive ketones (excluding diaryl/α,β-unsaturated/α-hetero) is 1. The normalized spacial score (nSPS) is 14.8. The van der Waals surface area contributed by atoms with Gasteiger partial charge in [-0.2, -0.15) is 0 Å². The summed E-state index contributed by atoms with van der Waals surface area (Å²) in [6.45, 7) is 6.13. The Morgan fingerprint density at radius 3 is 2.24 bits per heavy atom. The molecule has 3 nitrogen and oxygen atoms in total. The van der Waals surface area contributed by atoms with Crippen LogP contribution < -0.4 is 0 Å². The number of thiophene rings is 2. The van der Waals surface area contributed by atoms with Crippen LogP contribution in [0.4, 0.5) is 0 Å². The molecule has 1 saturated heterocycles. The van der Waals surface area contributed by atoms with Crippen LogP contribution in [-0.2, 0) is 6.54 Å². The molecule has 0 amide bonds. The molecule has 3 heterocycles. The number of carbonyl (C=O) groups is 1. The third-order valence-electron chi connectivity index (χ3n) is 5.01. The fourth-order valence-corrected chi connectivity index (χ4v) is 5.24. The van der Waals surface area contributed by atoms with Gasteiger partial charge in [0.15, 0.2) is 5.78 Å². The lowest BCUT2D eigenvalue weighted by Gasteiger charge is -2.34. The van der Waals surface area contributed by atoms with Crippen LogP contribution in [0.1, 0.15) is 21.7 Å². The van der Waals surface area contributed by atoms with E-state index in [-0.39, 0.29) is 30.6 Å². The van der Waals surface area contributed by atoms with E-state index in [1.54, 1.807) is 22.7 Å². The van der Waals surface area contributed by atoms with E-state index >= 15 is 0 Å². The molecule has 0 N–H and O–H groups in total. The van der Waals surface area contributed by atoms with E-state index in [9.17, 15) is 4.79 Å². The Morgan fingerprint density at radius 1 is 0.828 bits per heavy atom. The van der Waals surface area contributed by atoms with E-state index in [0.29, 0.717) is 6.42 Å². The summed E-state index contributed by atoms with van der Waals surface area (Å²) in [6, 6.07) is 18.9.